The molecule has 1 fully saturated rings. The molecule has 1 aromatic rings. The van der Waals surface area contributed by atoms with Crippen LogP contribution in [0.15, 0.2) is 22.7 Å². The first kappa shape index (κ1) is 13.8. The molecule has 1 saturated heterocycles. The number of hydrogen-bond acceptors (Lipinski definition) is 3. The summed E-state index contributed by atoms with van der Waals surface area (Å²) in [4.78, 5) is 11.9. The predicted octanol–water partition coefficient (Wildman–Crippen LogP) is 1.82. The second-order valence-corrected chi connectivity index (χ2v) is 5.35. The lowest BCUT2D eigenvalue weighted by Gasteiger charge is -2.23. The predicted molar refractivity (Wildman–Crippen MR) is 74.1 cm³/mol. The Morgan fingerprint density at radius 2 is 2.44 bits per heavy atom. The Balaban J connectivity index is 1.90. The number of carbonyl (C=O) groups is 1. The third-order valence-corrected chi connectivity index (χ3v) is 3.48. The van der Waals surface area contributed by atoms with E-state index in [1.807, 2.05) is 0 Å². The molecular weight excluding hydrogens is 320 g/mol. The summed E-state index contributed by atoms with van der Waals surface area (Å²) in [6.07, 6.45) is 0.0249. The van der Waals surface area contributed by atoms with Crippen molar-refractivity contribution in [1.82, 2.24) is 10.6 Å². The molecule has 2 N–H and O–H groups in total. The number of ether oxygens (including phenoxy) is 1. The molecule has 0 bridgehead atoms. The number of benzene rings is 1. The molecule has 0 saturated carbocycles. The van der Waals surface area contributed by atoms with Crippen LogP contribution in [0.3, 0.4) is 0 Å². The number of nitrogens with one attached hydrogen (secondary N) is 2. The van der Waals surface area contributed by atoms with E-state index in [1.165, 1.54) is 0 Å². The number of hydrogen-bond donors (Lipinski definition) is 2. The smallest absolute Gasteiger partial charge is 0.252 e. The summed E-state index contributed by atoms with van der Waals surface area (Å²) in [5.74, 6) is -0.179. The zero-order valence-electron chi connectivity index (χ0n) is 9.71. The Bertz CT molecular complexity index is 436. The van der Waals surface area contributed by atoms with E-state index in [1.54, 1.807) is 18.2 Å². The highest BCUT2D eigenvalue weighted by Gasteiger charge is 2.16. The first-order chi connectivity index (χ1) is 8.66. The second kappa shape index (κ2) is 6.52. The number of amides is 1. The zero-order valence-corrected chi connectivity index (χ0v) is 12.1. The van der Waals surface area contributed by atoms with E-state index >= 15 is 0 Å². The summed E-state index contributed by atoms with van der Waals surface area (Å²) < 4.78 is 6.35. The van der Waals surface area contributed by atoms with Crippen LogP contribution in [0.5, 0.6) is 0 Å². The van der Waals surface area contributed by atoms with Gasteiger partial charge in [0.15, 0.2) is 0 Å². The van der Waals surface area contributed by atoms with Crippen LogP contribution in [-0.2, 0) is 4.74 Å². The van der Waals surface area contributed by atoms with Gasteiger partial charge >= 0.3 is 0 Å². The van der Waals surface area contributed by atoms with Crippen molar-refractivity contribution >= 4 is 33.4 Å². The van der Waals surface area contributed by atoms with E-state index < -0.39 is 0 Å². The Hall–Kier alpha value is -0.620. The van der Waals surface area contributed by atoms with Crippen LogP contribution in [0.1, 0.15) is 10.4 Å². The van der Waals surface area contributed by atoms with Crippen molar-refractivity contribution < 1.29 is 9.53 Å². The lowest BCUT2D eigenvalue weighted by molar-refractivity contribution is 0.0287. The number of halogens is 2. The van der Waals surface area contributed by atoms with Gasteiger partial charge in [-0.1, -0.05) is 27.5 Å². The molecule has 1 amide bonds. The van der Waals surface area contributed by atoms with Gasteiger partial charge in [0.25, 0.3) is 5.91 Å². The fraction of sp³-hybridized carbons (Fsp3) is 0.417. The molecule has 1 unspecified atom stereocenters. The van der Waals surface area contributed by atoms with Gasteiger partial charge in [-0.15, -0.1) is 0 Å². The van der Waals surface area contributed by atoms with Crippen LogP contribution in [0.4, 0.5) is 0 Å². The van der Waals surface area contributed by atoms with Gasteiger partial charge < -0.3 is 15.4 Å². The molecule has 1 heterocycles. The van der Waals surface area contributed by atoms with Gasteiger partial charge in [-0.05, 0) is 18.2 Å². The summed E-state index contributed by atoms with van der Waals surface area (Å²) in [6, 6.07) is 5.19. The minimum Gasteiger partial charge on any atom is -0.374 e. The van der Waals surface area contributed by atoms with E-state index in [2.05, 4.69) is 26.6 Å². The lowest BCUT2D eigenvalue weighted by atomic mass is 10.2. The maximum atomic E-state index is 11.9. The van der Waals surface area contributed by atoms with Crippen molar-refractivity contribution in [3.05, 3.63) is 33.3 Å². The average molecular weight is 334 g/mol. The minimum absolute atomic E-state index is 0.0249. The molecule has 1 aliphatic rings. The van der Waals surface area contributed by atoms with Gasteiger partial charge in [0.2, 0.25) is 0 Å². The van der Waals surface area contributed by atoms with Crippen LogP contribution in [-0.4, -0.2) is 38.3 Å². The fourth-order valence-corrected chi connectivity index (χ4v) is 2.49. The average Bonchev–Trinajstić information content (AvgIpc) is 2.37. The summed E-state index contributed by atoms with van der Waals surface area (Å²) >= 11 is 9.31. The molecule has 6 heteroatoms. The molecule has 1 aromatic carbocycles. The van der Waals surface area contributed by atoms with Crippen LogP contribution in [0.2, 0.25) is 5.02 Å². The van der Waals surface area contributed by atoms with E-state index in [-0.39, 0.29) is 12.0 Å². The minimum atomic E-state index is -0.179. The molecule has 0 radical (unpaired) electrons. The van der Waals surface area contributed by atoms with Gasteiger partial charge in [0, 0.05) is 24.1 Å². The highest BCUT2D eigenvalue weighted by Crippen LogP contribution is 2.21. The van der Waals surface area contributed by atoms with Gasteiger partial charge in [-0.2, -0.15) is 0 Å². The molecule has 18 heavy (non-hydrogen) atoms. The number of morpholine rings is 1. The largest absolute Gasteiger partial charge is 0.374 e. The highest BCUT2D eigenvalue weighted by atomic mass is 79.9. The Labute approximate surface area is 119 Å². The summed E-state index contributed by atoms with van der Waals surface area (Å²) in [5, 5.41) is 6.47. The number of carbonyl (C=O) groups excluding carboxylic acids is 1. The fourth-order valence-electron chi connectivity index (χ4n) is 1.73. The van der Waals surface area contributed by atoms with Gasteiger partial charge in [-0.3, -0.25) is 4.79 Å². The summed E-state index contributed by atoms with van der Waals surface area (Å²) in [6.45, 7) is 2.79. The van der Waals surface area contributed by atoms with E-state index in [0.29, 0.717) is 23.7 Å². The van der Waals surface area contributed by atoms with Crippen LogP contribution in [0.25, 0.3) is 0 Å². The number of rotatable bonds is 3. The first-order valence-corrected chi connectivity index (χ1v) is 6.89. The topological polar surface area (TPSA) is 50.4 Å². The molecule has 0 aliphatic carbocycles. The van der Waals surface area contributed by atoms with Gasteiger partial charge in [0.05, 0.1) is 23.3 Å². The Morgan fingerprint density at radius 1 is 1.61 bits per heavy atom. The quantitative estimate of drug-likeness (QED) is 0.887. The van der Waals surface area contributed by atoms with E-state index in [0.717, 1.165) is 17.6 Å². The molecule has 4 nitrogen and oxygen atoms in total. The van der Waals surface area contributed by atoms with Crippen molar-refractivity contribution in [2.24, 2.45) is 0 Å². The first-order valence-electron chi connectivity index (χ1n) is 5.72. The monoisotopic (exact) mass is 332 g/mol. The highest BCUT2D eigenvalue weighted by molar-refractivity contribution is 9.10. The van der Waals surface area contributed by atoms with E-state index in [4.69, 9.17) is 16.3 Å². The van der Waals surface area contributed by atoms with Gasteiger partial charge in [-0.25, -0.2) is 0 Å². The third-order valence-electron chi connectivity index (χ3n) is 2.67. The van der Waals surface area contributed by atoms with Crippen molar-refractivity contribution in [3.8, 4) is 0 Å². The Kier molecular flexibility index (Phi) is 5.00. The molecule has 2 rings (SSSR count). The standard InChI is InChI=1S/C12H14BrClN2O2/c13-8-1-2-10(11(14)5-8)12(17)16-7-9-6-15-3-4-18-9/h1-2,5,9,15H,3-4,6-7H2,(H,16,17). The molecule has 1 aliphatic heterocycles. The third kappa shape index (κ3) is 3.68. The maximum absolute atomic E-state index is 11.9. The van der Waals surface area contributed by atoms with Crippen LogP contribution in [0, 0.1) is 0 Å². The summed E-state index contributed by atoms with van der Waals surface area (Å²) in [7, 11) is 0. The van der Waals surface area contributed by atoms with Crippen molar-refractivity contribution in [2.45, 2.75) is 6.10 Å². The Morgan fingerprint density at radius 3 is 3.11 bits per heavy atom. The van der Waals surface area contributed by atoms with Gasteiger partial charge in [0.1, 0.15) is 0 Å². The van der Waals surface area contributed by atoms with Crippen molar-refractivity contribution in [1.29, 1.82) is 0 Å². The lowest BCUT2D eigenvalue weighted by Crippen LogP contribution is -2.45. The van der Waals surface area contributed by atoms with Crippen molar-refractivity contribution in [2.75, 3.05) is 26.2 Å². The van der Waals surface area contributed by atoms with Crippen molar-refractivity contribution in [3.63, 3.8) is 0 Å². The molecule has 98 valence electrons. The molecular formula is C12H14BrClN2O2. The van der Waals surface area contributed by atoms with E-state index in [9.17, 15) is 4.79 Å². The molecule has 0 spiro atoms. The van der Waals surface area contributed by atoms with Crippen LogP contribution >= 0.6 is 27.5 Å². The van der Waals surface area contributed by atoms with Crippen LogP contribution < -0.4 is 10.6 Å². The molecule has 0 aromatic heterocycles. The SMILES string of the molecule is O=C(NCC1CNCCO1)c1ccc(Br)cc1Cl. The second-order valence-electron chi connectivity index (χ2n) is 4.03. The normalized spacial score (nSPS) is 19.6. The maximum Gasteiger partial charge on any atom is 0.252 e. The summed E-state index contributed by atoms with van der Waals surface area (Å²) in [5.41, 5.74) is 0.476. The molecule has 1 atom stereocenters. The zero-order chi connectivity index (χ0) is 13.0.